The van der Waals surface area contributed by atoms with Gasteiger partial charge in [-0.1, -0.05) is 70.5 Å². The molecule has 0 atom stereocenters. The molecule has 0 unspecified atom stereocenters. The van der Waals surface area contributed by atoms with Crippen LogP contribution >= 0.6 is 15.9 Å². The zero-order valence-electron chi connectivity index (χ0n) is 16.2. The van der Waals surface area contributed by atoms with Gasteiger partial charge >= 0.3 is 5.97 Å². The Morgan fingerprint density at radius 1 is 1.03 bits per heavy atom. The average Bonchev–Trinajstić information content (AvgIpc) is 2.70. The van der Waals surface area contributed by atoms with Crippen LogP contribution in [0.3, 0.4) is 0 Å². The van der Waals surface area contributed by atoms with Crippen LogP contribution in [0.5, 0.6) is 5.75 Å². The molecule has 0 fully saturated rings. The minimum Gasteiger partial charge on any atom is -0.492 e. The summed E-state index contributed by atoms with van der Waals surface area (Å²) in [4.78, 5) is 24.4. The highest BCUT2D eigenvalue weighted by Crippen LogP contribution is 2.35. The van der Waals surface area contributed by atoms with Crippen LogP contribution in [0.1, 0.15) is 29.8 Å². The number of halogens is 1. The van der Waals surface area contributed by atoms with Gasteiger partial charge in [-0.05, 0) is 30.9 Å². The molecule has 0 heterocycles. The maximum atomic E-state index is 12.9. The lowest BCUT2D eigenvalue weighted by atomic mass is 10.0. The molecular weight excluding hydrogens is 434 g/mol. The lowest BCUT2D eigenvalue weighted by Crippen LogP contribution is -2.49. The van der Waals surface area contributed by atoms with Crippen molar-refractivity contribution in [1.29, 1.82) is 0 Å². The predicted molar refractivity (Wildman–Crippen MR) is 116 cm³/mol. The highest BCUT2D eigenvalue weighted by molar-refractivity contribution is 9.10. The number of fused-ring (bicyclic) bond motifs is 1. The van der Waals surface area contributed by atoms with E-state index in [0.717, 1.165) is 20.8 Å². The van der Waals surface area contributed by atoms with Crippen molar-refractivity contribution < 1.29 is 19.4 Å². The van der Waals surface area contributed by atoms with E-state index >= 15 is 0 Å². The van der Waals surface area contributed by atoms with E-state index in [0.29, 0.717) is 18.8 Å². The summed E-state index contributed by atoms with van der Waals surface area (Å²) in [7, 11) is 0. The van der Waals surface area contributed by atoms with E-state index in [1.165, 1.54) is 13.8 Å². The zero-order valence-corrected chi connectivity index (χ0v) is 17.8. The van der Waals surface area contributed by atoms with E-state index in [-0.39, 0.29) is 5.56 Å². The molecule has 6 heteroatoms. The second kappa shape index (κ2) is 8.66. The summed E-state index contributed by atoms with van der Waals surface area (Å²) in [6, 6.07) is 19.2. The van der Waals surface area contributed by atoms with Gasteiger partial charge in [-0.3, -0.25) is 4.79 Å². The molecule has 0 radical (unpaired) electrons. The van der Waals surface area contributed by atoms with E-state index < -0.39 is 17.4 Å². The lowest BCUT2D eigenvalue weighted by Gasteiger charge is -2.22. The molecule has 2 N–H and O–H groups in total. The summed E-state index contributed by atoms with van der Waals surface area (Å²) >= 11 is 3.51. The number of hydrogen-bond donors (Lipinski definition) is 2. The lowest BCUT2D eigenvalue weighted by molar-refractivity contribution is -0.143. The highest BCUT2D eigenvalue weighted by atomic mass is 79.9. The van der Waals surface area contributed by atoms with Crippen LogP contribution in [0, 0.1) is 0 Å². The number of rotatable bonds is 7. The van der Waals surface area contributed by atoms with Crippen molar-refractivity contribution in [3.63, 3.8) is 0 Å². The molecule has 1 amide bonds. The largest absolute Gasteiger partial charge is 0.492 e. The third-order valence-corrected chi connectivity index (χ3v) is 5.29. The van der Waals surface area contributed by atoms with Gasteiger partial charge in [-0.15, -0.1) is 0 Å². The molecule has 3 aromatic rings. The molecule has 0 aromatic heterocycles. The molecule has 0 bridgehead atoms. The molecule has 29 heavy (non-hydrogen) atoms. The van der Waals surface area contributed by atoms with Gasteiger partial charge in [0.1, 0.15) is 11.3 Å². The van der Waals surface area contributed by atoms with Gasteiger partial charge in [0.05, 0.1) is 12.2 Å². The van der Waals surface area contributed by atoms with E-state index in [2.05, 4.69) is 21.2 Å². The SMILES string of the molecule is CC(C)(NC(=O)c1cc(Br)c2ccccc2c1OCCc1ccccc1)C(=O)O. The summed E-state index contributed by atoms with van der Waals surface area (Å²) < 4.78 is 6.81. The van der Waals surface area contributed by atoms with Crippen molar-refractivity contribution in [2.45, 2.75) is 25.8 Å². The smallest absolute Gasteiger partial charge is 0.328 e. The summed E-state index contributed by atoms with van der Waals surface area (Å²) in [5.74, 6) is -1.17. The molecule has 0 aliphatic carbocycles. The zero-order chi connectivity index (χ0) is 21.0. The molecule has 0 aliphatic heterocycles. The Hall–Kier alpha value is -2.86. The number of aliphatic carboxylic acids is 1. The van der Waals surface area contributed by atoms with Crippen LogP contribution < -0.4 is 10.1 Å². The maximum absolute atomic E-state index is 12.9. The molecule has 5 nitrogen and oxygen atoms in total. The number of carbonyl (C=O) groups excluding carboxylic acids is 1. The first-order valence-corrected chi connectivity index (χ1v) is 10.0. The number of carboxylic acid groups (broad SMARTS) is 1. The number of nitrogens with one attached hydrogen (secondary N) is 1. The monoisotopic (exact) mass is 455 g/mol. The Labute approximate surface area is 177 Å². The normalized spacial score (nSPS) is 11.3. The van der Waals surface area contributed by atoms with E-state index in [4.69, 9.17) is 4.74 Å². The highest BCUT2D eigenvalue weighted by Gasteiger charge is 2.31. The Morgan fingerprint density at radius 3 is 2.31 bits per heavy atom. The van der Waals surface area contributed by atoms with Gasteiger partial charge in [0.25, 0.3) is 5.91 Å². The van der Waals surface area contributed by atoms with Gasteiger partial charge in [-0.2, -0.15) is 0 Å². The molecular formula is C23H22BrNO4. The minimum absolute atomic E-state index is 0.290. The quantitative estimate of drug-likeness (QED) is 0.535. The Bertz CT molecular complexity index is 1050. The average molecular weight is 456 g/mol. The fourth-order valence-electron chi connectivity index (χ4n) is 2.95. The van der Waals surface area contributed by atoms with Gasteiger partial charge in [0.15, 0.2) is 0 Å². The molecule has 0 saturated carbocycles. The fourth-order valence-corrected chi connectivity index (χ4v) is 3.52. The molecule has 0 spiro atoms. The first-order valence-electron chi connectivity index (χ1n) is 9.23. The van der Waals surface area contributed by atoms with Crippen molar-refractivity contribution in [1.82, 2.24) is 5.32 Å². The van der Waals surface area contributed by atoms with Crippen molar-refractivity contribution in [3.05, 3.63) is 76.3 Å². The van der Waals surface area contributed by atoms with E-state index in [1.807, 2.05) is 54.6 Å². The molecule has 0 saturated heterocycles. The minimum atomic E-state index is -1.41. The van der Waals surface area contributed by atoms with Crippen LogP contribution in [-0.4, -0.2) is 29.1 Å². The second-order valence-corrected chi connectivity index (χ2v) is 8.10. The summed E-state index contributed by atoms with van der Waals surface area (Å²) in [5.41, 5.74) is 0.0150. The van der Waals surface area contributed by atoms with Crippen LogP contribution in [0.4, 0.5) is 0 Å². The summed E-state index contributed by atoms with van der Waals surface area (Å²) in [5, 5.41) is 13.6. The van der Waals surface area contributed by atoms with Gasteiger partial charge in [0.2, 0.25) is 0 Å². The van der Waals surface area contributed by atoms with Crippen LogP contribution in [0.25, 0.3) is 10.8 Å². The fraction of sp³-hybridized carbons (Fsp3) is 0.217. The summed E-state index contributed by atoms with van der Waals surface area (Å²) in [6.07, 6.45) is 0.687. The topological polar surface area (TPSA) is 75.6 Å². The Balaban J connectivity index is 1.96. The number of ether oxygens (including phenoxy) is 1. The molecule has 150 valence electrons. The molecule has 3 rings (SSSR count). The van der Waals surface area contributed by atoms with Crippen molar-refractivity contribution in [2.75, 3.05) is 6.61 Å². The third kappa shape index (κ3) is 4.77. The summed E-state index contributed by atoms with van der Waals surface area (Å²) in [6.45, 7) is 3.27. The van der Waals surface area contributed by atoms with Crippen molar-refractivity contribution in [3.8, 4) is 5.75 Å². The first kappa shape index (κ1) is 20.9. The number of carboxylic acids is 1. The maximum Gasteiger partial charge on any atom is 0.328 e. The first-order chi connectivity index (χ1) is 13.8. The Morgan fingerprint density at radius 2 is 1.66 bits per heavy atom. The number of benzene rings is 3. The van der Waals surface area contributed by atoms with Gasteiger partial charge < -0.3 is 15.2 Å². The predicted octanol–water partition coefficient (Wildman–Crippen LogP) is 4.82. The second-order valence-electron chi connectivity index (χ2n) is 7.25. The van der Waals surface area contributed by atoms with E-state index in [1.54, 1.807) is 6.07 Å². The third-order valence-electron chi connectivity index (χ3n) is 4.63. The van der Waals surface area contributed by atoms with Crippen LogP contribution in [0.15, 0.2) is 65.1 Å². The van der Waals surface area contributed by atoms with Crippen molar-refractivity contribution >= 4 is 38.6 Å². The van der Waals surface area contributed by atoms with Gasteiger partial charge in [0, 0.05) is 16.3 Å². The molecule has 3 aromatic carbocycles. The standard InChI is InChI=1S/C23H22BrNO4/c1-23(2,22(27)28)25-21(26)18-14-19(24)16-10-6-7-11-17(16)20(18)29-13-12-15-8-4-3-5-9-15/h3-11,14H,12-13H2,1-2H3,(H,25,26)(H,27,28). The number of hydrogen-bond acceptors (Lipinski definition) is 3. The Kier molecular flexibility index (Phi) is 6.23. The molecule has 0 aliphatic rings. The van der Waals surface area contributed by atoms with Crippen molar-refractivity contribution in [2.24, 2.45) is 0 Å². The number of carbonyl (C=O) groups is 2. The van der Waals surface area contributed by atoms with Gasteiger partial charge in [-0.25, -0.2) is 4.79 Å². The van der Waals surface area contributed by atoms with E-state index in [9.17, 15) is 14.7 Å². The number of amides is 1. The van der Waals surface area contributed by atoms with Crippen LogP contribution in [0.2, 0.25) is 0 Å². The van der Waals surface area contributed by atoms with Crippen LogP contribution in [-0.2, 0) is 11.2 Å².